The Morgan fingerprint density at radius 1 is 1.50 bits per heavy atom. The highest BCUT2D eigenvalue weighted by Crippen LogP contribution is 2.26. The SMILES string of the molecule is COC(=O)[C@H]1CN(c2ccc3c(cnn3C)c2)C(=O)O1. The fourth-order valence-corrected chi connectivity index (χ4v) is 2.25. The first-order valence-corrected chi connectivity index (χ1v) is 6.08. The molecule has 0 radical (unpaired) electrons. The Hall–Kier alpha value is -2.57. The van der Waals surface area contributed by atoms with Crippen molar-refractivity contribution < 1.29 is 19.1 Å². The third-order valence-electron chi connectivity index (χ3n) is 3.32. The van der Waals surface area contributed by atoms with E-state index >= 15 is 0 Å². The van der Waals surface area contributed by atoms with Crippen LogP contribution in [0.2, 0.25) is 0 Å². The number of fused-ring (bicyclic) bond motifs is 1. The lowest BCUT2D eigenvalue weighted by Crippen LogP contribution is -2.28. The van der Waals surface area contributed by atoms with Crippen LogP contribution in [0.4, 0.5) is 10.5 Å². The smallest absolute Gasteiger partial charge is 0.415 e. The van der Waals surface area contributed by atoms with Crippen molar-refractivity contribution in [2.45, 2.75) is 6.10 Å². The Balaban J connectivity index is 1.91. The van der Waals surface area contributed by atoms with E-state index in [2.05, 4.69) is 9.84 Å². The van der Waals surface area contributed by atoms with Crippen molar-refractivity contribution in [3.05, 3.63) is 24.4 Å². The van der Waals surface area contributed by atoms with E-state index in [4.69, 9.17) is 4.74 Å². The summed E-state index contributed by atoms with van der Waals surface area (Å²) in [6.07, 6.45) is 0.290. The van der Waals surface area contributed by atoms with Crippen LogP contribution in [0.15, 0.2) is 24.4 Å². The van der Waals surface area contributed by atoms with Gasteiger partial charge in [0.15, 0.2) is 0 Å². The second-order valence-electron chi connectivity index (χ2n) is 4.52. The van der Waals surface area contributed by atoms with Crippen molar-refractivity contribution in [3.63, 3.8) is 0 Å². The molecule has 0 unspecified atom stereocenters. The molecule has 0 aliphatic carbocycles. The summed E-state index contributed by atoms with van der Waals surface area (Å²) in [5, 5.41) is 5.06. The molecular weight excluding hydrogens is 262 g/mol. The maximum absolute atomic E-state index is 11.8. The number of hydrogen-bond donors (Lipinski definition) is 0. The Morgan fingerprint density at radius 3 is 3.05 bits per heavy atom. The molecule has 7 heteroatoms. The topological polar surface area (TPSA) is 73.7 Å². The molecule has 1 saturated heterocycles. The van der Waals surface area contributed by atoms with E-state index in [0.717, 1.165) is 10.9 Å². The van der Waals surface area contributed by atoms with E-state index < -0.39 is 18.2 Å². The molecule has 0 bridgehead atoms. The number of anilines is 1. The molecule has 1 amide bonds. The molecule has 0 spiro atoms. The van der Waals surface area contributed by atoms with E-state index in [1.165, 1.54) is 12.0 Å². The fraction of sp³-hybridized carbons (Fsp3) is 0.308. The van der Waals surface area contributed by atoms with Gasteiger partial charge in [-0.15, -0.1) is 0 Å². The number of amides is 1. The van der Waals surface area contributed by atoms with E-state index in [1.807, 2.05) is 19.2 Å². The quantitative estimate of drug-likeness (QED) is 0.766. The number of methoxy groups -OCH3 is 1. The maximum Gasteiger partial charge on any atom is 0.415 e. The molecule has 1 aliphatic rings. The fourth-order valence-electron chi connectivity index (χ4n) is 2.25. The molecule has 3 rings (SSSR count). The van der Waals surface area contributed by atoms with E-state index in [-0.39, 0.29) is 6.54 Å². The predicted molar refractivity (Wildman–Crippen MR) is 70.3 cm³/mol. The molecule has 104 valence electrons. The zero-order chi connectivity index (χ0) is 14.3. The lowest BCUT2D eigenvalue weighted by Gasteiger charge is -2.12. The molecule has 1 aromatic heterocycles. The molecule has 20 heavy (non-hydrogen) atoms. The zero-order valence-electron chi connectivity index (χ0n) is 11.1. The largest absolute Gasteiger partial charge is 0.466 e. The average Bonchev–Trinajstić information content (AvgIpc) is 3.01. The van der Waals surface area contributed by atoms with E-state index in [1.54, 1.807) is 16.9 Å². The van der Waals surface area contributed by atoms with E-state index in [9.17, 15) is 9.59 Å². The highest BCUT2D eigenvalue weighted by Gasteiger charge is 2.37. The molecular formula is C13H13N3O4. The third-order valence-corrected chi connectivity index (χ3v) is 3.32. The number of aromatic nitrogens is 2. The number of carbonyl (C=O) groups excluding carboxylic acids is 2. The van der Waals surface area contributed by atoms with Gasteiger partial charge in [0.1, 0.15) is 0 Å². The summed E-state index contributed by atoms with van der Waals surface area (Å²) >= 11 is 0. The molecule has 0 N–H and O–H groups in total. The Bertz CT molecular complexity index is 694. The molecule has 1 aliphatic heterocycles. The van der Waals surface area contributed by atoms with Gasteiger partial charge in [0.05, 0.1) is 25.4 Å². The number of carbonyl (C=O) groups is 2. The van der Waals surface area contributed by atoms with Crippen molar-refractivity contribution in [1.29, 1.82) is 0 Å². The van der Waals surface area contributed by atoms with Crippen molar-refractivity contribution in [3.8, 4) is 0 Å². The van der Waals surface area contributed by atoms with Gasteiger partial charge in [0.2, 0.25) is 6.10 Å². The zero-order valence-corrected chi connectivity index (χ0v) is 11.1. The predicted octanol–water partition coefficient (Wildman–Crippen LogP) is 1.07. The van der Waals surface area contributed by atoms with Gasteiger partial charge in [0.25, 0.3) is 0 Å². The van der Waals surface area contributed by atoms with Crippen LogP contribution in [-0.2, 0) is 21.3 Å². The van der Waals surface area contributed by atoms with Crippen LogP contribution in [0.5, 0.6) is 0 Å². The molecule has 1 atom stereocenters. The highest BCUT2D eigenvalue weighted by molar-refractivity contribution is 5.96. The van der Waals surface area contributed by atoms with Crippen LogP contribution in [0.25, 0.3) is 10.9 Å². The maximum atomic E-state index is 11.8. The van der Waals surface area contributed by atoms with Crippen LogP contribution in [0, 0.1) is 0 Å². The third kappa shape index (κ3) is 1.87. The summed E-state index contributed by atoms with van der Waals surface area (Å²) in [6.45, 7) is 0.150. The highest BCUT2D eigenvalue weighted by atomic mass is 16.6. The van der Waals surface area contributed by atoms with Gasteiger partial charge in [-0.05, 0) is 18.2 Å². The summed E-state index contributed by atoms with van der Waals surface area (Å²) in [4.78, 5) is 24.6. The van der Waals surface area contributed by atoms with Gasteiger partial charge in [-0.25, -0.2) is 9.59 Å². The summed E-state index contributed by atoms with van der Waals surface area (Å²) < 4.78 is 11.3. The van der Waals surface area contributed by atoms with Gasteiger partial charge in [-0.3, -0.25) is 9.58 Å². The van der Waals surface area contributed by atoms with Crippen LogP contribution in [0.3, 0.4) is 0 Å². The first-order chi connectivity index (χ1) is 9.60. The van der Waals surface area contributed by atoms with Crippen LogP contribution < -0.4 is 4.90 Å². The lowest BCUT2D eigenvalue weighted by molar-refractivity contribution is -0.148. The number of cyclic esters (lactones) is 1. The summed E-state index contributed by atoms with van der Waals surface area (Å²) in [5.41, 5.74) is 1.63. The van der Waals surface area contributed by atoms with Crippen molar-refractivity contribution >= 4 is 28.7 Å². The minimum absolute atomic E-state index is 0.150. The van der Waals surface area contributed by atoms with Crippen molar-refractivity contribution in [1.82, 2.24) is 9.78 Å². The van der Waals surface area contributed by atoms with Crippen molar-refractivity contribution in [2.75, 3.05) is 18.6 Å². The van der Waals surface area contributed by atoms with Gasteiger partial charge in [0, 0.05) is 18.1 Å². The van der Waals surface area contributed by atoms with Crippen LogP contribution in [0.1, 0.15) is 0 Å². The minimum Gasteiger partial charge on any atom is -0.466 e. The molecule has 2 heterocycles. The Morgan fingerprint density at radius 2 is 2.30 bits per heavy atom. The number of benzene rings is 1. The summed E-state index contributed by atoms with van der Waals surface area (Å²) in [5.74, 6) is -0.552. The first kappa shape index (κ1) is 12.5. The Labute approximate surface area is 114 Å². The number of rotatable bonds is 2. The average molecular weight is 275 g/mol. The van der Waals surface area contributed by atoms with Gasteiger partial charge >= 0.3 is 12.1 Å². The molecule has 7 nitrogen and oxygen atoms in total. The second kappa shape index (κ2) is 4.52. The van der Waals surface area contributed by atoms with E-state index in [0.29, 0.717) is 5.69 Å². The van der Waals surface area contributed by atoms with Gasteiger partial charge in [-0.1, -0.05) is 0 Å². The number of esters is 1. The summed E-state index contributed by atoms with van der Waals surface area (Å²) in [7, 11) is 3.11. The van der Waals surface area contributed by atoms with Crippen LogP contribution >= 0.6 is 0 Å². The molecule has 2 aromatic rings. The molecule has 1 fully saturated rings. The molecule has 1 aromatic carbocycles. The monoisotopic (exact) mass is 275 g/mol. The number of hydrogen-bond acceptors (Lipinski definition) is 5. The number of ether oxygens (including phenoxy) is 2. The van der Waals surface area contributed by atoms with Gasteiger partial charge in [-0.2, -0.15) is 5.10 Å². The standard InChI is InChI=1S/C13H13N3O4/c1-15-10-4-3-9(5-8(10)6-14-15)16-7-11(12(17)19-2)20-13(16)18/h3-6,11H,7H2,1-2H3/t11-/m1/s1. The normalized spacial score (nSPS) is 18.4. The van der Waals surface area contributed by atoms with Crippen molar-refractivity contribution in [2.24, 2.45) is 7.05 Å². The number of aryl methyl sites for hydroxylation is 1. The minimum atomic E-state index is -0.878. The Kier molecular flexibility index (Phi) is 2.81. The first-order valence-electron chi connectivity index (χ1n) is 6.08. The van der Waals surface area contributed by atoms with Crippen LogP contribution in [-0.4, -0.2) is 41.6 Å². The van der Waals surface area contributed by atoms with Gasteiger partial charge < -0.3 is 9.47 Å². The number of nitrogens with zero attached hydrogens (tertiary/aromatic N) is 3. The summed E-state index contributed by atoms with van der Waals surface area (Å²) in [6, 6.07) is 5.50. The lowest BCUT2D eigenvalue weighted by atomic mass is 10.2. The molecule has 0 saturated carbocycles. The second-order valence-corrected chi connectivity index (χ2v) is 4.52.